The Morgan fingerprint density at radius 3 is 1.43 bits per heavy atom. The molecule has 0 N–H and O–H groups in total. The van der Waals surface area contributed by atoms with Crippen LogP contribution in [-0.2, 0) is 89.5 Å². The van der Waals surface area contributed by atoms with Gasteiger partial charge >= 0.3 is 12.1 Å². The Bertz CT molecular complexity index is 2710. The van der Waals surface area contributed by atoms with E-state index in [-0.39, 0.29) is 32.0 Å². The molecule has 2 fully saturated rings. The third kappa shape index (κ3) is 13.6. The van der Waals surface area contributed by atoms with E-state index in [9.17, 15) is 26.4 Å². The fourth-order valence-corrected chi connectivity index (χ4v) is 9.77. The lowest BCUT2D eigenvalue weighted by atomic mass is 9.97. The first-order chi connectivity index (χ1) is 34.9. The maximum atomic E-state index is 14.5. The topological polar surface area (TPSA) is 144 Å². The van der Waals surface area contributed by atoms with E-state index in [2.05, 4.69) is 0 Å². The molecular weight excluding hydrogens is 958 g/mol. The van der Waals surface area contributed by atoms with E-state index in [4.69, 9.17) is 46.8 Å². The van der Waals surface area contributed by atoms with Crippen molar-refractivity contribution >= 4 is 16.1 Å². The lowest BCUT2D eigenvalue weighted by Crippen LogP contribution is -2.63. The van der Waals surface area contributed by atoms with Gasteiger partial charge < -0.3 is 42.6 Å². The number of carbonyl (C=O) groups excluding carboxylic acids is 1. The molecule has 380 valence electrons. The highest BCUT2D eigenvalue weighted by atomic mass is 32.2. The van der Waals surface area contributed by atoms with Crippen molar-refractivity contribution in [3.8, 4) is 0 Å². The molecule has 10 atom stereocenters. The van der Waals surface area contributed by atoms with Gasteiger partial charge in [0.15, 0.2) is 24.8 Å². The number of halogens is 3. The normalized spacial score (nSPS) is 24.6. The molecule has 0 saturated carbocycles. The molecule has 13 nitrogen and oxygen atoms in total. The third-order valence-electron chi connectivity index (χ3n) is 12.1. The molecule has 0 bridgehead atoms. The number of alkyl halides is 3. The van der Waals surface area contributed by atoms with Gasteiger partial charge in [-0.15, -0.1) is 0 Å². The maximum Gasteiger partial charge on any atom is 0.417 e. The molecule has 0 aromatic heterocycles. The minimum absolute atomic E-state index is 0.0863. The number of rotatable bonds is 21. The summed E-state index contributed by atoms with van der Waals surface area (Å²) in [5.74, 6) is -0.807. The minimum Gasteiger partial charge on any atom is -0.453 e. The van der Waals surface area contributed by atoms with E-state index in [1.807, 2.05) is 91.0 Å². The number of benzene rings is 6. The van der Waals surface area contributed by atoms with Gasteiger partial charge in [-0.25, -0.2) is 4.79 Å². The number of esters is 1. The third-order valence-corrected chi connectivity index (χ3v) is 13.4. The van der Waals surface area contributed by atoms with E-state index in [0.29, 0.717) is 11.6 Å². The Morgan fingerprint density at radius 2 is 0.944 bits per heavy atom. The molecule has 2 aliphatic heterocycles. The van der Waals surface area contributed by atoms with Gasteiger partial charge in [0.2, 0.25) is 0 Å². The van der Waals surface area contributed by atoms with Crippen LogP contribution in [0.1, 0.15) is 45.1 Å². The van der Waals surface area contributed by atoms with Crippen LogP contribution in [0.15, 0.2) is 181 Å². The summed E-state index contributed by atoms with van der Waals surface area (Å²) in [6.45, 7) is 1.34. The summed E-state index contributed by atoms with van der Waals surface area (Å²) in [7, 11) is -3.89. The monoisotopic (exact) mass is 1010 g/mol. The Balaban J connectivity index is 1.16. The highest BCUT2D eigenvalue weighted by Gasteiger charge is 2.54. The molecule has 17 heteroatoms. The van der Waals surface area contributed by atoms with Crippen LogP contribution in [0.2, 0.25) is 0 Å². The van der Waals surface area contributed by atoms with Crippen molar-refractivity contribution in [3.05, 3.63) is 209 Å². The summed E-state index contributed by atoms with van der Waals surface area (Å²) in [4.78, 5) is 12.6. The Hall–Kier alpha value is -5.83. The van der Waals surface area contributed by atoms with Crippen LogP contribution in [0.5, 0.6) is 0 Å². The Kier molecular flexibility index (Phi) is 18.0. The number of hydrogen-bond donors (Lipinski definition) is 0. The van der Waals surface area contributed by atoms with Crippen LogP contribution in [0.3, 0.4) is 0 Å². The molecule has 72 heavy (non-hydrogen) atoms. The first-order valence-corrected chi connectivity index (χ1v) is 24.7. The second kappa shape index (κ2) is 24.7. The number of carbonyl (C=O) groups is 1. The van der Waals surface area contributed by atoms with Crippen molar-refractivity contribution in [1.29, 1.82) is 0 Å². The van der Waals surface area contributed by atoms with Crippen LogP contribution < -0.4 is 0 Å². The van der Waals surface area contributed by atoms with Crippen LogP contribution >= 0.6 is 0 Å². The summed E-state index contributed by atoms with van der Waals surface area (Å²) in [5, 5.41) is 0. The first-order valence-electron chi connectivity index (χ1n) is 23.3. The van der Waals surface area contributed by atoms with Gasteiger partial charge in [0.05, 0.1) is 50.3 Å². The second-order valence-corrected chi connectivity index (χ2v) is 18.7. The summed E-state index contributed by atoms with van der Waals surface area (Å²) in [5.41, 5.74) is 1.89. The molecule has 0 spiro atoms. The minimum atomic E-state index is -5.34. The van der Waals surface area contributed by atoms with Crippen LogP contribution in [0, 0.1) is 0 Å². The van der Waals surface area contributed by atoms with Gasteiger partial charge in [0.1, 0.15) is 35.4 Å². The summed E-state index contributed by atoms with van der Waals surface area (Å²) in [6, 6.07) is 48.9. The molecule has 6 aromatic carbocycles. The van der Waals surface area contributed by atoms with Gasteiger partial charge in [-0.3, -0.25) is 4.18 Å². The van der Waals surface area contributed by atoms with Gasteiger partial charge in [-0.05, 0) is 53.4 Å². The van der Waals surface area contributed by atoms with Gasteiger partial charge in [-0.1, -0.05) is 152 Å². The molecule has 8 rings (SSSR count). The molecule has 6 aromatic rings. The average molecular weight is 1010 g/mol. The summed E-state index contributed by atoms with van der Waals surface area (Å²) >= 11 is 0. The molecule has 2 heterocycles. The molecule has 2 saturated heterocycles. The van der Waals surface area contributed by atoms with E-state index < -0.39 is 101 Å². The van der Waals surface area contributed by atoms with Crippen molar-refractivity contribution in [2.75, 3.05) is 13.7 Å². The number of hydrogen-bond acceptors (Lipinski definition) is 13. The summed E-state index contributed by atoms with van der Waals surface area (Å²) < 4.78 is 136. The van der Waals surface area contributed by atoms with Crippen molar-refractivity contribution in [1.82, 2.24) is 0 Å². The van der Waals surface area contributed by atoms with Gasteiger partial charge in [-0.2, -0.15) is 21.6 Å². The van der Waals surface area contributed by atoms with Crippen molar-refractivity contribution in [2.24, 2.45) is 0 Å². The van der Waals surface area contributed by atoms with E-state index in [1.165, 1.54) is 19.2 Å². The molecule has 2 aliphatic rings. The smallest absolute Gasteiger partial charge is 0.417 e. The highest BCUT2D eigenvalue weighted by molar-refractivity contribution is 7.86. The number of methoxy groups -OCH3 is 1. The molecule has 0 unspecified atom stereocenters. The lowest BCUT2D eigenvalue weighted by Gasteiger charge is -2.47. The van der Waals surface area contributed by atoms with E-state index in [1.54, 1.807) is 55.5 Å². The van der Waals surface area contributed by atoms with Crippen LogP contribution in [0.25, 0.3) is 0 Å². The second-order valence-electron chi connectivity index (χ2n) is 17.1. The Labute approximate surface area is 416 Å². The van der Waals surface area contributed by atoms with Crippen LogP contribution in [0.4, 0.5) is 13.2 Å². The largest absolute Gasteiger partial charge is 0.453 e. The quantitative estimate of drug-likeness (QED) is 0.0499. The van der Waals surface area contributed by atoms with Crippen LogP contribution in [-0.4, -0.2) is 89.5 Å². The highest BCUT2D eigenvalue weighted by Crippen LogP contribution is 2.38. The molecular formula is C55H55F3O13S. The summed E-state index contributed by atoms with van der Waals surface area (Å²) in [6.07, 6.45) is -17.7. The van der Waals surface area contributed by atoms with Crippen molar-refractivity contribution < 1.29 is 73.2 Å². The predicted molar refractivity (Wildman–Crippen MR) is 255 cm³/mol. The standard InChI is InChI=1S/C55H55F3O13S/c1-37-46(70-52(59)42-28-16-7-17-29-42)48(64-33-39-22-10-4-11-23-39)51(71-72(60,61)45-31-19-18-30-43(45)55(56,57)58)54(68-37)67-36-44-47(63-32-38-20-8-3-9-21-38)49(65-34-40-24-12-5-13-25-40)50(53(62-2)69-44)66-35-41-26-14-6-15-27-41/h3-31,37,44,46-51,53-54H,32-36H2,1-2H3/t37-,44+,46-,47+,48+,49-,50+,51+,53-,54-/m0/s1. The van der Waals surface area contributed by atoms with Gasteiger partial charge in [0.25, 0.3) is 10.1 Å². The van der Waals surface area contributed by atoms with Crippen molar-refractivity contribution in [2.45, 2.75) is 106 Å². The average Bonchev–Trinajstić information content (AvgIpc) is 3.40. The van der Waals surface area contributed by atoms with Crippen molar-refractivity contribution in [3.63, 3.8) is 0 Å². The Morgan fingerprint density at radius 1 is 0.514 bits per heavy atom. The van der Waals surface area contributed by atoms with E-state index >= 15 is 0 Å². The fourth-order valence-electron chi connectivity index (χ4n) is 8.47. The zero-order valence-corrected chi connectivity index (χ0v) is 40.2. The molecule has 0 amide bonds. The molecule has 0 aliphatic carbocycles. The maximum absolute atomic E-state index is 14.5. The number of ether oxygens (including phenoxy) is 9. The predicted octanol–water partition coefficient (Wildman–Crippen LogP) is 9.48. The zero-order chi connectivity index (χ0) is 50.5. The van der Waals surface area contributed by atoms with E-state index in [0.717, 1.165) is 34.9 Å². The molecule has 0 radical (unpaired) electrons. The van der Waals surface area contributed by atoms with Gasteiger partial charge in [0, 0.05) is 7.11 Å². The zero-order valence-electron chi connectivity index (χ0n) is 39.4. The lowest BCUT2D eigenvalue weighted by molar-refractivity contribution is -0.339. The first kappa shape index (κ1) is 52.5. The SMILES string of the molecule is CO[C@H]1O[C@H](CO[C@H]2O[C@@H](C)[C@H](OC(=O)c3ccccc3)[C@@H](OCc3ccccc3)[C@H]2OS(=O)(=O)c2ccccc2C(F)(F)F)[C@@H](OCc2ccccc2)[C@H](OCc2ccccc2)[C@H]1OCc1ccccc1. The fraction of sp³-hybridized carbons (Fsp3) is 0.327.